The van der Waals surface area contributed by atoms with Crippen molar-refractivity contribution >= 4 is 11.9 Å². The molecule has 58 heavy (non-hydrogen) atoms. The minimum atomic E-state index is -0.774. The first-order chi connectivity index (χ1) is 28.6. The first kappa shape index (κ1) is 55.9. The fourth-order valence-electron chi connectivity index (χ4n) is 7.26. The standard InChI is InChI=1S/C53H96O5/c1-3-5-7-9-11-13-15-17-19-21-23-24-25-26-27-28-30-32-34-36-38-40-42-44-46-48-53(56)58-51(49-54)50-57-52(55)47-45-43-41-39-37-35-33-31-29-22-20-18-16-14-12-10-8-6-4-2/h12,14-15,17-18,20-21,23,51,54H,3-11,13,16,19,22,24-50H2,1-2H3/b14-12-,17-15-,20-18-,23-21-. The Morgan fingerprint density at radius 1 is 0.397 bits per heavy atom. The quantitative estimate of drug-likeness (QED) is 0.0376. The van der Waals surface area contributed by atoms with Crippen molar-refractivity contribution in [3.8, 4) is 0 Å². The van der Waals surface area contributed by atoms with Crippen LogP contribution in [-0.4, -0.2) is 36.4 Å². The van der Waals surface area contributed by atoms with E-state index in [4.69, 9.17) is 9.47 Å². The molecule has 5 heteroatoms. The van der Waals surface area contributed by atoms with Gasteiger partial charge in [-0.3, -0.25) is 9.59 Å². The van der Waals surface area contributed by atoms with E-state index in [1.54, 1.807) is 0 Å². The van der Waals surface area contributed by atoms with Crippen molar-refractivity contribution in [2.75, 3.05) is 13.2 Å². The molecule has 0 aliphatic heterocycles. The first-order valence-corrected chi connectivity index (χ1v) is 25.2. The van der Waals surface area contributed by atoms with Crippen LogP contribution in [0.25, 0.3) is 0 Å². The van der Waals surface area contributed by atoms with Crippen LogP contribution in [-0.2, 0) is 19.1 Å². The molecular formula is C53H96O5. The van der Waals surface area contributed by atoms with E-state index in [-0.39, 0.29) is 25.2 Å². The maximum atomic E-state index is 12.3. The second-order valence-electron chi connectivity index (χ2n) is 16.9. The van der Waals surface area contributed by atoms with Crippen molar-refractivity contribution < 1.29 is 24.2 Å². The minimum absolute atomic E-state index is 0.0672. The van der Waals surface area contributed by atoms with Crippen LogP contribution in [0, 0.1) is 0 Å². The molecule has 0 aromatic carbocycles. The predicted molar refractivity (Wildman–Crippen MR) is 251 cm³/mol. The molecular weight excluding hydrogens is 717 g/mol. The molecule has 0 fully saturated rings. The second kappa shape index (κ2) is 49.2. The summed E-state index contributed by atoms with van der Waals surface area (Å²) in [4.78, 5) is 24.4. The highest BCUT2D eigenvalue weighted by molar-refractivity contribution is 5.70. The van der Waals surface area contributed by atoms with Crippen LogP contribution in [0.15, 0.2) is 48.6 Å². The second-order valence-corrected chi connectivity index (χ2v) is 16.9. The minimum Gasteiger partial charge on any atom is -0.462 e. The highest BCUT2D eigenvalue weighted by Gasteiger charge is 2.16. The molecule has 0 aliphatic rings. The molecule has 0 bridgehead atoms. The summed E-state index contributed by atoms with van der Waals surface area (Å²) >= 11 is 0. The highest BCUT2D eigenvalue weighted by Crippen LogP contribution is 2.15. The van der Waals surface area contributed by atoms with E-state index >= 15 is 0 Å². The lowest BCUT2D eigenvalue weighted by Crippen LogP contribution is -2.28. The van der Waals surface area contributed by atoms with Gasteiger partial charge in [-0.2, -0.15) is 0 Å². The number of allylic oxidation sites excluding steroid dienone is 8. The normalized spacial score (nSPS) is 12.5. The van der Waals surface area contributed by atoms with E-state index in [9.17, 15) is 14.7 Å². The van der Waals surface area contributed by atoms with E-state index in [1.807, 2.05) is 0 Å². The van der Waals surface area contributed by atoms with E-state index in [0.717, 1.165) is 51.4 Å². The molecule has 338 valence electrons. The van der Waals surface area contributed by atoms with Gasteiger partial charge in [0.2, 0.25) is 0 Å². The zero-order valence-electron chi connectivity index (χ0n) is 38.6. The molecule has 0 saturated heterocycles. The maximum Gasteiger partial charge on any atom is 0.306 e. The number of unbranched alkanes of at least 4 members (excludes halogenated alkanes) is 30. The Kier molecular flexibility index (Phi) is 47.4. The molecule has 0 heterocycles. The summed E-state index contributed by atoms with van der Waals surface area (Å²) in [5.41, 5.74) is 0. The molecule has 1 atom stereocenters. The van der Waals surface area contributed by atoms with Gasteiger partial charge in [-0.15, -0.1) is 0 Å². The van der Waals surface area contributed by atoms with Gasteiger partial charge in [0, 0.05) is 12.8 Å². The first-order valence-electron chi connectivity index (χ1n) is 25.2. The van der Waals surface area contributed by atoms with Crippen molar-refractivity contribution in [1.29, 1.82) is 0 Å². The van der Waals surface area contributed by atoms with Crippen molar-refractivity contribution in [2.45, 2.75) is 264 Å². The monoisotopic (exact) mass is 813 g/mol. The predicted octanol–water partition coefficient (Wildman–Crippen LogP) is 16.5. The fourth-order valence-corrected chi connectivity index (χ4v) is 7.26. The maximum absolute atomic E-state index is 12.3. The van der Waals surface area contributed by atoms with E-state index in [0.29, 0.717) is 12.8 Å². The Bertz CT molecular complexity index is 966. The van der Waals surface area contributed by atoms with Gasteiger partial charge in [0.1, 0.15) is 6.61 Å². The molecule has 0 amide bonds. The van der Waals surface area contributed by atoms with Crippen molar-refractivity contribution in [1.82, 2.24) is 0 Å². The van der Waals surface area contributed by atoms with Crippen molar-refractivity contribution in [3.05, 3.63) is 48.6 Å². The number of ether oxygens (including phenoxy) is 2. The SMILES string of the molecule is CCCCC/C=C\C/C=C\CCCCCCCCCCCC(=O)OCC(CO)OC(=O)CCCCCCCCCCCCCCC/C=C\C/C=C\CCCCCCC. The van der Waals surface area contributed by atoms with Gasteiger partial charge < -0.3 is 14.6 Å². The third-order valence-corrected chi connectivity index (χ3v) is 11.1. The van der Waals surface area contributed by atoms with Gasteiger partial charge >= 0.3 is 11.9 Å². The molecule has 0 radical (unpaired) electrons. The number of aliphatic hydroxyl groups excluding tert-OH is 1. The number of rotatable bonds is 46. The molecule has 1 N–H and O–H groups in total. The summed E-state index contributed by atoms with van der Waals surface area (Å²) in [6, 6.07) is 0. The van der Waals surface area contributed by atoms with Crippen molar-refractivity contribution in [3.63, 3.8) is 0 Å². The van der Waals surface area contributed by atoms with Gasteiger partial charge in [0.15, 0.2) is 6.10 Å². The van der Waals surface area contributed by atoms with Gasteiger partial charge in [-0.05, 0) is 77.0 Å². The summed E-state index contributed by atoms with van der Waals surface area (Å²) in [6.45, 7) is 4.12. The van der Waals surface area contributed by atoms with E-state index in [1.165, 1.54) is 180 Å². The van der Waals surface area contributed by atoms with Crippen molar-refractivity contribution in [2.24, 2.45) is 0 Å². The largest absolute Gasteiger partial charge is 0.462 e. The van der Waals surface area contributed by atoms with Gasteiger partial charge in [-0.25, -0.2) is 0 Å². The molecule has 0 aromatic rings. The smallest absolute Gasteiger partial charge is 0.306 e. The van der Waals surface area contributed by atoms with E-state index in [2.05, 4.69) is 62.5 Å². The van der Waals surface area contributed by atoms with Crippen LogP contribution >= 0.6 is 0 Å². The third-order valence-electron chi connectivity index (χ3n) is 11.1. The van der Waals surface area contributed by atoms with E-state index < -0.39 is 6.10 Å². The number of aliphatic hydroxyl groups is 1. The molecule has 5 nitrogen and oxygen atoms in total. The summed E-state index contributed by atoms with van der Waals surface area (Å²) in [5.74, 6) is -0.589. The molecule has 0 spiro atoms. The molecule has 0 aliphatic carbocycles. The third kappa shape index (κ3) is 46.5. The summed E-state index contributed by atoms with van der Waals surface area (Å²) in [7, 11) is 0. The summed E-state index contributed by atoms with van der Waals surface area (Å²) in [6.07, 6.45) is 63.4. The molecule has 0 rings (SSSR count). The van der Waals surface area contributed by atoms with Crippen LogP contribution in [0.3, 0.4) is 0 Å². The fraction of sp³-hybridized carbons (Fsp3) is 0.811. The van der Waals surface area contributed by atoms with Crippen LogP contribution in [0.2, 0.25) is 0 Å². The Morgan fingerprint density at radius 2 is 0.690 bits per heavy atom. The zero-order chi connectivity index (χ0) is 42.1. The lowest BCUT2D eigenvalue weighted by atomic mass is 10.0. The Morgan fingerprint density at radius 3 is 1.05 bits per heavy atom. The van der Waals surface area contributed by atoms with Crippen LogP contribution < -0.4 is 0 Å². The number of carbonyl (C=O) groups is 2. The zero-order valence-corrected chi connectivity index (χ0v) is 38.6. The van der Waals surface area contributed by atoms with Gasteiger partial charge in [0.25, 0.3) is 0 Å². The average Bonchev–Trinajstić information content (AvgIpc) is 3.23. The number of esters is 2. The molecule has 1 unspecified atom stereocenters. The average molecular weight is 813 g/mol. The number of hydrogen-bond donors (Lipinski definition) is 1. The topological polar surface area (TPSA) is 72.8 Å². The highest BCUT2D eigenvalue weighted by atomic mass is 16.6. The van der Waals surface area contributed by atoms with Crippen LogP contribution in [0.1, 0.15) is 258 Å². The Balaban J connectivity index is 3.49. The number of hydrogen-bond acceptors (Lipinski definition) is 5. The van der Waals surface area contributed by atoms with Crippen LogP contribution in [0.5, 0.6) is 0 Å². The molecule has 0 saturated carbocycles. The lowest BCUT2D eigenvalue weighted by Gasteiger charge is -2.15. The molecule has 0 aromatic heterocycles. The van der Waals surface area contributed by atoms with Gasteiger partial charge in [0.05, 0.1) is 6.61 Å². The Labute approximate surface area is 360 Å². The Hall–Kier alpha value is -2.14. The van der Waals surface area contributed by atoms with Gasteiger partial charge in [-0.1, -0.05) is 217 Å². The summed E-state index contributed by atoms with van der Waals surface area (Å²) in [5, 5.41) is 9.62. The van der Waals surface area contributed by atoms with Crippen LogP contribution in [0.4, 0.5) is 0 Å². The number of carbonyl (C=O) groups excluding carboxylic acids is 2. The summed E-state index contributed by atoms with van der Waals surface area (Å²) < 4.78 is 10.7. The lowest BCUT2D eigenvalue weighted by molar-refractivity contribution is -0.161.